The third-order valence-corrected chi connectivity index (χ3v) is 4.70. The molecule has 2 heterocycles. The second kappa shape index (κ2) is 8.97. The van der Waals surface area contributed by atoms with Gasteiger partial charge in [0.05, 0.1) is 6.54 Å². The lowest BCUT2D eigenvalue weighted by atomic mass is 10.2. The number of ether oxygens (including phenoxy) is 1. The van der Waals surface area contributed by atoms with Crippen molar-refractivity contribution in [1.82, 2.24) is 4.90 Å². The van der Waals surface area contributed by atoms with Crippen LogP contribution in [0.15, 0.2) is 24.3 Å². The number of anilines is 2. The number of hydrogen-bond acceptors (Lipinski definition) is 4. The molecular weight excluding hydrogens is 318 g/mol. The minimum atomic E-state index is -0.360. The Balaban J connectivity index is 1.51. The van der Waals surface area contributed by atoms with E-state index in [2.05, 4.69) is 15.5 Å². The largest absolute Gasteiger partial charge is 0.368 e. The summed E-state index contributed by atoms with van der Waals surface area (Å²) in [5.74, 6) is -0.130. The molecule has 2 amide bonds. The van der Waals surface area contributed by atoms with Crippen LogP contribution < -0.4 is 10.6 Å². The second-order valence-electron chi connectivity index (χ2n) is 6.81. The molecule has 1 atom stereocenters. The summed E-state index contributed by atoms with van der Waals surface area (Å²) in [6.45, 7) is 3.05. The molecular formula is C19H27N3O3. The van der Waals surface area contributed by atoms with Gasteiger partial charge >= 0.3 is 0 Å². The van der Waals surface area contributed by atoms with Crippen molar-refractivity contribution in [2.45, 2.75) is 44.6 Å². The molecule has 25 heavy (non-hydrogen) atoms. The third kappa shape index (κ3) is 5.54. The first-order valence-corrected chi connectivity index (χ1v) is 9.25. The highest BCUT2D eigenvalue weighted by Crippen LogP contribution is 2.18. The monoisotopic (exact) mass is 345 g/mol. The van der Waals surface area contributed by atoms with E-state index in [1.54, 1.807) is 6.07 Å². The molecule has 2 aliphatic rings. The number of carbonyl (C=O) groups excluding carboxylic acids is 2. The van der Waals surface area contributed by atoms with Crippen molar-refractivity contribution in [3.05, 3.63) is 24.3 Å². The zero-order valence-corrected chi connectivity index (χ0v) is 14.6. The molecule has 0 bridgehead atoms. The molecule has 0 radical (unpaired) electrons. The Kier molecular flexibility index (Phi) is 6.42. The Bertz CT molecular complexity index is 591. The zero-order chi connectivity index (χ0) is 17.5. The first-order chi connectivity index (χ1) is 12.2. The summed E-state index contributed by atoms with van der Waals surface area (Å²) >= 11 is 0. The van der Waals surface area contributed by atoms with Gasteiger partial charge in [0.1, 0.15) is 6.10 Å². The number of nitrogens with one attached hydrogen (secondary N) is 2. The van der Waals surface area contributed by atoms with Crippen LogP contribution in [-0.4, -0.2) is 49.1 Å². The number of amides is 2. The molecule has 1 aromatic rings. The van der Waals surface area contributed by atoms with Crippen molar-refractivity contribution < 1.29 is 14.3 Å². The first-order valence-electron chi connectivity index (χ1n) is 9.25. The topological polar surface area (TPSA) is 70.7 Å². The van der Waals surface area contributed by atoms with E-state index >= 15 is 0 Å². The molecule has 0 unspecified atom stereocenters. The zero-order valence-electron chi connectivity index (χ0n) is 14.6. The Labute approximate surface area is 148 Å². The summed E-state index contributed by atoms with van der Waals surface area (Å²) in [6.07, 6.45) is 6.16. The van der Waals surface area contributed by atoms with E-state index in [0.717, 1.165) is 38.8 Å². The summed E-state index contributed by atoms with van der Waals surface area (Å²) < 4.78 is 5.39. The SMILES string of the molecule is O=C(CN1CCCCCC1)Nc1cccc(NC(=O)[C@H]2CCCO2)c1. The number of hydrogen-bond donors (Lipinski definition) is 2. The minimum absolute atomic E-state index is 0.00972. The highest BCUT2D eigenvalue weighted by molar-refractivity contribution is 5.96. The molecule has 1 aromatic carbocycles. The number of carbonyl (C=O) groups is 2. The van der Waals surface area contributed by atoms with E-state index in [1.807, 2.05) is 18.2 Å². The predicted octanol–water partition coefficient (Wildman–Crippen LogP) is 2.62. The number of rotatable bonds is 5. The molecule has 2 saturated heterocycles. The summed E-state index contributed by atoms with van der Waals surface area (Å²) in [7, 11) is 0. The van der Waals surface area contributed by atoms with Gasteiger partial charge in [-0.05, 0) is 57.0 Å². The molecule has 6 nitrogen and oxygen atoms in total. The standard InChI is InChI=1S/C19H27N3O3/c23-18(14-22-10-3-1-2-4-11-22)20-15-7-5-8-16(13-15)21-19(24)17-9-6-12-25-17/h5,7-8,13,17H,1-4,6,9-12,14H2,(H,20,23)(H,21,24)/t17-/m1/s1. The molecule has 0 aromatic heterocycles. The maximum Gasteiger partial charge on any atom is 0.253 e. The van der Waals surface area contributed by atoms with Crippen LogP contribution in [-0.2, 0) is 14.3 Å². The van der Waals surface area contributed by atoms with Crippen molar-refractivity contribution in [2.24, 2.45) is 0 Å². The van der Waals surface area contributed by atoms with E-state index in [9.17, 15) is 9.59 Å². The molecule has 136 valence electrons. The lowest BCUT2D eigenvalue weighted by molar-refractivity contribution is -0.124. The van der Waals surface area contributed by atoms with Gasteiger partial charge in [-0.15, -0.1) is 0 Å². The van der Waals surface area contributed by atoms with E-state index in [0.29, 0.717) is 24.5 Å². The van der Waals surface area contributed by atoms with Crippen molar-refractivity contribution >= 4 is 23.2 Å². The molecule has 3 rings (SSSR count). The normalized spacial score (nSPS) is 21.5. The van der Waals surface area contributed by atoms with Crippen LogP contribution in [0.2, 0.25) is 0 Å². The molecule has 2 fully saturated rings. The van der Waals surface area contributed by atoms with Gasteiger partial charge in [0, 0.05) is 18.0 Å². The van der Waals surface area contributed by atoms with Gasteiger partial charge in [-0.2, -0.15) is 0 Å². The van der Waals surface area contributed by atoms with Gasteiger partial charge < -0.3 is 15.4 Å². The second-order valence-corrected chi connectivity index (χ2v) is 6.81. The van der Waals surface area contributed by atoms with Gasteiger partial charge in [-0.1, -0.05) is 18.9 Å². The Morgan fingerprint density at radius 2 is 1.76 bits per heavy atom. The third-order valence-electron chi connectivity index (χ3n) is 4.70. The van der Waals surface area contributed by atoms with Gasteiger partial charge in [0.25, 0.3) is 5.91 Å². The van der Waals surface area contributed by atoms with E-state index in [-0.39, 0.29) is 17.9 Å². The number of benzene rings is 1. The van der Waals surface area contributed by atoms with Crippen molar-refractivity contribution in [3.63, 3.8) is 0 Å². The number of nitrogens with zero attached hydrogens (tertiary/aromatic N) is 1. The fraction of sp³-hybridized carbons (Fsp3) is 0.579. The average molecular weight is 345 g/mol. The summed E-state index contributed by atoms with van der Waals surface area (Å²) in [5.41, 5.74) is 1.37. The van der Waals surface area contributed by atoms with Crippen LogP contribution in [0, 0.1) is 0 Å². The minimum Gasteiger partial charge on any atom is -0.368 e. The molecule has 2 aliphatic heterocycles. The van der Waals surface area contributed by atoms with Crippen LogP contribution in [0.5, 0.6) is 0 Å². The van der Waals surface area contributed by atoms with Gasteiger partial charge in [-0.25, -0.2) is 0 Å². The van der Waals surface area contributed by atoms with Crippen molar-refractivity contribution in [3.8, 4) is 0 Å². The molecule has 0 saturated carbocycles. The van der Waals surface area contributed by atoms with Crippen LogP contribution >= 0.6 is 0 Å². The van der Waals surface area contributed by atoms with Gasteiger partial charge in [-0.3, -0.25) is 14.5 Å². The first kappa shape index (κ1) is 17.9. The maximum atomic E-state index is 12.3. The quantitative estimate of drug-likeness (QED) is 0.861. The molecule has 0 spiro atoms. The summed E-state index contributed by atoms with van der Waals surface area (Å²) in [5, 5.41) is 5.79. The van der Waals surface area contributed by atoms with Crippen LogP contribution in [0.4, 0.5) is 11.4 Å². The van der Waals surface area contributed by atoms with E-state index in [1.165, 1.54) is 12.8 Å². The van der Waals surface area contributed by atoms with E-state index in [4.69, 9.17) is 4.74 Å². The summed E-state index contributed by atoms with van der Waals surface area (Å²) in [6, 6.07) is 7.26. The number of likely N-dealkylation sites (tertiary alicyclic amines) is 1. The lowest BCUT2D eigenvalue weighted by Gasteiger charge is -2.19. The predicted molar refractivity (Wildman–Crippen MR) is 97.6 cm³/mol. The van der Waals surface area contributed by atoms with Crippen LogP contribution in [0.3, 0.4) is 0 Å². The Hall–Kier alpha value is -1.92. The Morgan fingerprint density at radius 3 is 2.44 bits per heavy atom. The average Bonchev–Trinajstić information content (AvgIpc) is 3.01. The lowest BCUT2D eigenvalue weighted by Crippen LogP contribution is -2.33. The Morgan fingerprint density at radius 1 is 1.04 bits per heavy atom. The summed E-state index contributed by atoms with van der Waals surface area (Å²) in [4.78, 5) is 26.6. The fourth-order valence-electron chi connectivity index (χ4n) is 3.38. The molecule has 6 heteroatoms. The fourth-order valence-corrected chi connectivity index (χ4v) is 3.38. The van der Waals surface area contributed by atoms with Crippen LogP contribution in [0.25, 0.3) is 0 Å². The highest BCUT2D eigenvalue weighted by atomic mass is 16.5. The molecule has 0 aliphatic carbocycles. The smallest absolute Gasteiger partial charge is 0.253 e. The van der Waals surface area contributed by atoms with Gasteiger partial charge in [0.15, 0.2) is 0 Å². The van der Waals surface area contributed by atoms with E-state index < -0.39 is 0 Å². The van der Waals surface area contributed by atoms with Gasteiger partial charge in [0.2, 0.25) is 5.91 Å². The van der Waals surface area contributed by atoms with Crippen molar-refractivity contribution in [2.75, 3.05) is 36.9 Å². The molecule has 2 N–H and O–H groups in total. The van der Waals surface area contributed by atoms with Crippen molar-refractivity contribution in [1.29, 1.82) is 0 Å². The maximum absolute atomic E-state index is 12.3. The highest BCUT2D eigenvalue weighted by Gasteiger charge is 2.23. The van der Waals surface area contributed by atoms with Crippen LogP contribution in [0.1, 0.15) is 38.5 Å².